The summed E-state index contributed by atoms with van der Waals surface area (Å²) < 4.78 is 0. The highest BCUT2D eigenvalue weighted by Crippen LogP contribution is 2.23. The van der Waals surface area contributed by atoms with Gasteiger partial charge in [0, 0.05) is 18.2 Å². The number of amides is 1. The molecular weight excluding hydrogens is 198 g/mol. The molecule has 1 aliphatic heterocycles. The molecule has 2 aliphatic rings. The Morgan fingerprint density at radius 3 is 3.00 bits per heavy atom. The Morgan fingerprint density at radius 1 is 1.44 bits per heavy atom. The van der Waals surface area contributed by atoms with E-state index in [1.165, 1.54) is 19.3 Å². The molecule has 88 valence electrons. The van der Waals surface area contributed by atoms with E-state index in [1.807, 2.05) is 6.08 Å². The van der Waals surface area contributed by atoms with Gasteiger partial charge in [0.25, 0.3) is 5.91 Å². The minimum absolute atomic E-state index is 0.252. The molecule has 1 atom stereocenters. The highest BCUT2D eigenvalue weighted by molar-refractivity contribution is 5.96. The van der Waals surface area contributed by atoms with E-state index in [0.717, 1.165) is 31.4 Å². The van der Waals surface area contributed by atoms with E-state index in [1.54, 1.807) is 0 Å². The molecule has 0 aromatic rings. The summed E-state index contributed by atoms with van der Waals surface area (Å²) in [6.45, 7) is 3.13. The van der Waals surface area contributed by atoms with Gasteiger partial charge in [-0.25, -0.2) is 0 Å². The van der Waals surface area contributed by atoms with Crippen LogP contribution in [0.4, 0.5) is 0 Å². The highest BCUT2D eigenvalue weighted by Gasteiger charge is 2.26. The van der Waals surface area contributed by atoms with E-state index in [9.17, 15) is 4.79 Å². The molecule has 0 aromatic heterocycles. The van der Waals surface area contributed by atoms with E-state index >= 15 is 0 Å². The van der Waals surface area contributed by atoms with Crippen LogP contribution in [0, 0.1) is 0 Å². The fourth-order valence-electron chi connectivity index (χ4n) is 2.63. The van der Waals surface area contributed by atoms with Crippen LogP contribution in [-0.2, 0) is 4.79 Å². The lowest BCUT2D eigenvalue weighted by Crippen LogP contribution is -2.43. The first-order chi connectivity index (χ1) is 7.83. The molecule has 2 rings (SSSR count). The summed E-state index contributed by atoms with van der Waals surface area (Å²) in [4.78, 5) is 14.4. The molecule has 2 heteroatoms. The first-order valence-corrected chi connectivity index (χ1v) is 6.50. The number of allylic oxidation sites excluding steroid dienone is 2. The minimum Gasteiger partial charge on any atom is -0.336 e. The quantitative estimate of drug-likeness (QED) is 0.699. The van der Waals surface area contributed by atoms with Gasteiger partial charge < -0.3 is 4.90 Å². The number of piperidine rings is 1. The Morgan fingerprint density at radius 2 is 2.31 bits per heavy atom. The normalized spacial score (nSPS) is 25.4. The van der Waals surface area contributed by atoms with Crippen molar-refractivity contribution in [2.24, 2.45) is 0 Å². The van der Waals surface area contributed by atoms with Crippen LogP contribution in [-0.4, -0.2) is 23.4 Å². The Hall–Kier alpha value is -1.05. The van der Waals surface area contributed by atoms with E-state index in [2.05, 4.69) is 24.0 Å². The summed E-state index contributed by atoms with van der Waals surface area (Å²) in [5, 5.41) is 0. The number of carbonyl (C=O) groups excluding carboxylic acids is 1. The number of nitrogens with zero attached hydrogens (tertiary/aromatic N) is 1. The Labute approximate surface area is 98.0 Å². The summed E-state index contributed by atoms with van der Waals surface area (Å²) in [6, 6.07) is 0.470. The van der Waals surface area contributed by atoms with Gasteiger partial charge in [-0.15, -0.1) is 0 Å². The van der Waals surface area contributed by atoms with E-state index in [0.29, 0.717) is 6.04 Å². The van der Waals surface area contributed by atoms with Gasteiger partial charge in [-0.1, -0.05) is 25.2 Å². The highest BCUT2D eigenvalue weighted by atomic mass is 16.2. The van der Waals surface area contributed by atoms with Gasteiger partial charge >= 0.3 is 0 Å². The van der Waals surface area contributed by atoms with Crippen molar-refractivity contribution in [1.82, 2.24) is 4.90 Å². The molecular formula is C14H21NO. The molecule has 1 amide bonds. The SMILES string of the molecule is CCC1CCCCN1C(=O)C1=CCCC=C1. The number of carbonyl (C=O) groups is 1. The fraction of sp³-hybridized carbons (Fsp3) is 0.643. The first kappa shape index (κ1) is 11.4. The van der Waals surface area contributed by atoms with E-state index in [-0.39, 0.29) is 5.91 Å². The Kier molecular flexibility index (Phi) is 3.81. The van der Waals surface area contributed by atoms with E-state index in [4.69, 9.17) is 0 Å². The summed E-state index contributed by atoms with van der Waals surface area (Å²) >= 11 is 0. The lowest BCUT2D eigenvalue weighted by atomic mass is 9.97. The minimum atomic E-state index is 0.252. The molecule has 0 radical (unpaired) electrons. The second kappa shape index (κ2) is 5.33. The second-order valence-corrected chi connectivity index (χ2v) is 4.70. The van der Waals surface area contributed by atoms with Crippen LogP contribution in [0.1, 0.15) is 45.4 Å². The molecule has 0 saturated carbocycles. The number of hydrogen-bond donors (Lipinski definition) is 0. The molecule has 0 bridgehead atoms. The maximum atomic E-state index is 12.3. The molecule has 1 unspecified atom stereocenters. The third-order valence-corrected chi connectivity index (χ3v) is 3.60. The Balaban J connectivity index is 2.07. The number of likely N-dealkylation sites (tertiary alicyclic amines) is 1. The summed E-state index contributed by atoms with van der Waals surface area (Å²) in [5.74, 6) is 0.252. The van der Waals surface area contributed by atoms with Gasteiger partial charge in [-0.2, -0.15) is 0 Å². The summed E-state index contributed by atoms with van der Waals surface area (Å²) in [6.07, 6.45) is 13.0. The van der Waals surface area contributed by atoms with Crippen molar-refractivity contribution in [3.8, 4) is 0 Å². The van der Waals surface area contributed by atoms with Crippen LogP contribution in [0.3, 0.4) is 0 Å². The molecule has 1 fully saturated rings. The zero-order valence-corrected chi connectivity index (χ0v) is 10.1. The van der Waals surface area contributed by atoms with Crippen molar-refractivity contribution < 1.29 is 4.79 Å². The summed E-state index contributed by atoms with van der Waals surface area (Å²) in [5.41, 5.74) is 0.909. The molecule has 1 saturated heterocycles. The van der Waals surface area contributed by atoms with Crippen molar-refractivity contribution in [2.45, 2.75) is 51.5 Å². The lowest BCUT2D eigenvalue weighted by Gasteiger charge is -2.35. The van der Waals surface area contributed by atoms with Crippen LogP contribution >= 0.6 is 0 Å². The van der Waals surface area contributed by atoms with Crippen molar-refractivity contribution in [3.63, 3.8) is 0 Å². The molecule has 0 N–H and O–H groups in total. The van der Waals surface area contributed by atoms with Crippen LogP contribution in [0.5, 0.6) is 0 Å². The van der Waals surface area contributed by atoms with Crippen LogP contribution < -0.4 is 0 Å². The van der Waals surface area contributed by atoms with Crippen LogP contribution in [0.25, 0.3) is 0 Å². The van der Waals surface area contributed by atoms with Crippen molar-refractivity contribution in [1.29, 1.82) is 0 Å². The third-order valence-electron chi connectivity index (χ3n) is 3.60. The molecule has 0 spiro atoms. The molecule has 2 nitrogen and oxygen atoms in total. The Bertz CT molecular complexity index is 317. The number of rotatable bonds is 2. The van der Waals surface area contributed by atoms with Gasteiger partial charge in [-0.05, 0) is 38.5 Å². The van der Waals surface area contributed by atoms with Gasteiger partial charge in [0.2, 0.25) is 0 Å². The number of hydrogen-bond acceptors (Lipinski definition) is 1. The average molecular weight is 219 g/mol. The topological polar surface area (TPSA) is 20.3 Å². The zero-order valence-electron chi connectivity index (χ0n) is 10.1. The maximum Gasteiger partial charge on any atom is 0.253 e. The van der Waals surface area contributed by atoms with Crippen LogP contribution in [0.15, 0.2) is 23.8 Å². The van der Waals surface area contributed by atoms with Crippen molar-refractivity contribution in [3.05, 3.63) is 23.8 Å². The maximum absolute atomic E-state index is 12.3. The predicted molar refractivity (Wildman–Crippen MR) is 66.1 cm³/mol. The molecule has 1 heterocycles. The van der Waals surface area contributed by atoms with Gasteiger partial charge in [0.1, 0.15) is 0 Å². The monoisotopic (exact) mass is 219 g/mol. The van der Waals surface area contributed by atoms with Gasteiger partial charge in [0.05, 0.1) is 0 Å². The molecule has 1 aliphatic carbocycles. The molecule has 0 aromatic carbocycles. The first-order valence-electron chi connectivity index (χ1n) is 6.50. The average Bonchev–Trinajstić information content (AvgIpc) is 2.39. The standard InChI is InChI=1S/C14H21NO/c1-2-13-10-6-7-11-15(13)14(16)12-8-4-3-5-9-12/h4,8-9,13H,2-3,5-7,10-11H2,1H3. The smallest absolute Gasteiger partial charge is 0.253 e. The lowest BCUT2D eigenvalue weighted by molar-refractivity contribution is -0.130. The largest absolute Gasteiger partial charge is 0.336 e. The van der Waals surface area contributed by atoms with Crippen molar-refractivity contribution in [2.75, 3.05) is 6.54 Å². The second-order valence-electron chi connectivity index (χ2n) is 4.70. The predicted octanol–water partition coefficient (Wildman–Crippen LogP) is 3.05. The fourth-order valence-corrected chi connectivity index (χ4v) is 2.63. The van der Waals surface area contributed by atoms with Crippen LogP contribution in [0.2, 0.25) is 0 Å². The van der Waals surface area contributed by atoms with E-state index < -0.39 is 0 Å². The molecule has 16 heavy (non-hydrogen) atoms. The zero-order chi connectivity index (χ0) is 11.4. The van der Waals surface area contributed by atoms with Crippen molar-refractivity contribution >= 4 is 5.91 Å². The van der Waals surface area contributed by atoms with Gasteiger partial charge in [0.15, 0.2) is 0 Å². The third kappa shape index (κ3) is 2.37. The summed E-state index contributed by atoms with van der Waals surface area (Å²) in [7, 11) is 0. The van der Waals surface area contributed by atoms with Gasteiger partial charge in [-0.3, -0.25) is 4.79 Å².